The molecule has 1 saturated heterocycles. The summed E-state index contributed by atoms with van der Waals surface area (Å²) in [6.45, 7) is 8.74. The quantitative estimate of drug-likeness (QED) is 0.0207. The number of carbonyl (C=O) groups is 5. The third-order valence-corrected chi connectivity index (χ3v) is 31.4. The molecule has 0 spiro atoms. The van der Waals surface area contributed by atoms with Gasteiger partial charge in [0.15, 0.2) is 58.7 Å². The fourth-order valence-electron chi connectivity index (χ4n) is 16.5. The van der Waals surface area contributed by atoms with E-state index in [1.54, 1.807) is 0 Å². The van der Waals surface area contributed by atoms with Crippen LogP contribution in [0.25, 0.3) is 0 Å². The number of benzene rings is 12. The molecule has 4 bridgehead atoms. The average Bonchev–Trinajstić information content (AvgIpc) is 0.811. The molecule has 0 amide bonds. The number of nitrogens with zero attached hydrogens (tertiary/aromatic N) is 5. The van der Waals surface area contributed by atoms with E-state index in [-0.39, 0.29) is 90.6 Å². The lowest BCUT2D eigenvalue weighted by Gasteiger charge is -2.60. The van der Waals surface area contributed by atoms with Crippen LogP contribution in [0.15, 0.2) is 442 Å². The molecule has 14 aromatic rings. The van der Waals surface area contributed by atoms with E-state index in [1.807, 2.05) is 7.05 Å². The second-order valence-electron chi connectivity index (χ2n) is 33.8. The fourth-order valence-corrected chi connectivity index (χ4v) is 24.8. The number of aromatic nitrogens is 4. The summed E-state index contributed by atoms with van der Waals surface area (Å²) >= 11 is 0. The van der Waals surface area contributed by atoms with Gasteiger partial charge in [0.2, 0.25) is 0 Å². The second kappa shape index (κ2) is 53.5. The number of piperidine rings is 1. The highest BCUT2D eigenvalue weighted by Gasteiger charge is 2.60. The van der Waals surface area contributed by atoms with Crippen LogP contribution >= 0.6 is 0 Å². The predicted molar refractivity (Wildman–Crippen MR) is 544 cm³/mol. The van der Waals surface area contributed by atoms with Crippen molar-refractivity contribution in [2.24, 2.45) is 17.3 Å². The predicted octanol–water partition coefficient (Wildman–Crippen LogP) is 27.7. The van der Waals surface area contributed by atoms with E-state index < -0.39 is 60.1 Å². The number of rotatable bonds is 22. The lowest BCUT2D eigenvalue weighted by molar-refractivity contribution is -0.197. The first-order chi connectivity index (χ1) is 65.5. The molecule has 0 N–H and O–H groups in total. The van der Waals surface area contributed by atoms with Gasteiger partial charge in [0, 0.05) is 64.1 Å². The number of halogens is 6. The van der Waals surface area contributed by atoms with Crippen LogP contribution in [-0.4, -0.2) is 124 Å². The van der Waals surface area contributed by atoms with Crippen LogP contribution in [-0.2, 0) is 81.6 Å². The standard InChI is InChI=1S/C21H21S.C18H22F2N2O4.3C18H15S.C9H10F2N2O4.C9H15F2NO2.3CH4/c1-16-4-10-19(11-5-16)22(20-12-6-17(2)7-13-20)21-14-8-18(3)9-15-21;1-16(19,20)14(23)25-10-17-5-12-4-13(6-17)8-18(7-12,9-17)26-15(24)22-3-2-21-11-22;3*1-4-10-16(11-5-1)19(17-12-6-2-7-13-17)18-14-8-3-9-15-18;1-9(10,11)7(14)16-4-5-17-8(15)13-3-2-12-6-13;1-9(10,11)8(13)14-7-3-5-12(2)6-4-7;;;/h4-15H,1-3H3;2-3,11-13H,4-10H2,1H3;3*1-15H;2-3,6H,4-5H2,1H3;7H,3-6H2,1-2H3;3*1H4/q+1;;3*+1;;;;;. The Morgan fingerprint density at radius 2 is 0.612 bits per heavy atom. The maximum atomic E-state index is 13.1. The number of hydrogen-bond donors (Lipinski definition) is 0. The van der Waals surface area contributed by atoms with Crippen molar-refractivity contribution in [1.29, 1.82) is 0 Å². The first-order valence-electron chi connectivity index (χ1n) is 44.8. The number of likely N-dealkylation sites (tertiary alicyclic amines) is 1. The zero-order valence-electron chi connectivity index (χ0n) is 77.0. The largest absolute Gasteiger partial charge is 0.461 e. The number of imidazole rings is 2. The van der Waals surface area contributed by atoms with E-state index in [1.165, 1.54) is 117 Å². The number of esters is 3. The summed E-state index contributed by atoms with van der Waals surface area (Å²) in [6.07, 6.45) is 12.9. The van der Waals surface area contributed by atoms with Crippen LogP contribution < -0.4 is 0 Å². The maximum Gasteiger partial charge on any atom is 0.419 e. The van der Waals surface area contributed by atoms with Gasteiger partial charge in [-0.05, 0) is 237 Å². The van der Waals surface area contributed by atoms with Crippen LogP contribution in [0.4, 0.5) is 35.9 Å². The zero-order chi connectivity index (χ0) is 96.5. The molecule has 5 fully saturated rings. The SMILES string of the molecule is C.C.C.CC(F)(F)C(=O)OCC12CC3CC(C1)CC(OC(=O)n1ccnc1)(C3)C2.CC(F)(F)C(=O)OCCOC(=O)n1ccnc1.CN1CCC(OC(=O)C(C)(F)F)CC1.Cc1ccc([S+](c2ccc(C)cc2)c2ccc(C)cc2)cc1.c1ccc([S+](c2ccccc2)c2ccccc2)cc1.c1ccc([S+](c2ccccc2)c2ccccc2)cc1.c1ccc([S+](c2ccccc2)c2ccccc2)cc1. The van der Waals surface area contributed by atoms with E-state index in [2.05, 4.69) is 396 Å². The normalized spacial score (nSPS) is 16.1. The van der Waals surface area contributed by atoms with Gasteiger partial charge in [-0.25, -0.2) is 43.1 Å². The van der Waals surface area contributed by atoms with Crippen LogP contribution in [0.1, 0.15) is 111 Å². The minimum Gasteiger partial charge on any atom is -0.461 e. The Hall–Kier alpha value is -12.7. The van der Waals surface area contributed by atoms with Gasteiger partial charge in [-0.3, -0.25) is 0 Å². The van der Waals surface area contributed by atoms with Gasteiger partial charge in [-0.15, -0.1) is 0 Å². The van der Waals surface area contributed by atoms with Gasteiger partial charge in [0.25, 0.3) is 0 Å². The highest BCUT2D eigenvalue weighted by atomic mass is 32.2. The molecule has 2 atom stereocenters. The monoisotopic (exact) mass is 1970 g/mol. The molecular weight excluding hydrogens is 1840 g/mol. The van der Waals surface area contributed by atoms with Crippen molar-refractivity contribution in [3.8, 4) is 0 Å². The van der Waals surface area contributed by atoms with Gasteiger partial charge >= 0.3 is 47.9 Å². The molecule has 15 nitrogen and oxygen atoms in total. The van der Waals surface area contributed by atoms with E-state index >= 15 is 0 Å². The molecule has 25 heteroatoms. The third kappa shape index (κ3) is 33.3. The Kier molecular flexibility index (Phi) is 42.3. The summed E-state index contributed by atoms with van der Waals surface area (Å²) in [5.74, 6) is -14.2. The van der Waals surface area contributed by atoms with Crippen LogP contribution in [0.2, 0.25) is 0 Å². The summed E-state index contributed by atoms with van der Waals surface area (Å²) < 4.78 is 103. The van der Waals surface area contributed by atoms with Crippen molar-refractivity contribution >= 4 is 73.7 Å². The van der Waals surface area contributed by atoms with Gasteiger partial charge < -0.3 is 28.6 Å². The van der Waals surface area contributed by atoms with Crippen molar-refractivity contribution in [2.75, 3.05) is 40.0 Å². The fraction of sp³-hybridized carbons (Fsp3) is 0.272. The zero-order valence-corrected chi connectivity index (χ0v) is 80.3. The smallest absolute Gasteiger partial charge is 0.419 e. The van der Waals surface area contributed by atoms with E-state index in [0.717, 1.165) is 49.8 Å². The first kappa shape index (κ1) is 110. The summed E-state index contributed by atoms with van der Waals surface area (Å²) in [6, 6.07) is 123. The summed E-state index contributed by atoms with van der Waals surface area (Å²) in [5.41, 5.74) is 2.94. The topological polar surface area (TPSA) is 170 Å². The van der Waals surface area contributed by atoms with E-state index in [0.29, 0.717) is 51.9 Å². The molecule has 12 aromatic carbocycles. The minimum atomic E-state index is -3.55. The molecule has 3 heterocycles. The first-order valence-corrected chi connectivity index (χ1v) is 49.7. The van der Waals surface area contributed by atoms with E-state index in [9.17, 15) is 50.3 Å². The highest BCUT2D eigenvalue weighted by molar-refractivity contribution is 7.98. The molecule has 0 radical (unpaired) electrons. The number of alkyl halides is 6. The number of aryl methyl sites for hydroxylation is 3. The van der Waals surface area contributed by atoms with Crippen molar-refractivity contribution in [1.82, 2.24) is 24.0 Å². The molecule has 728 valence electrons. The molecule has 19 rings (SSSR count). The summed E-state index contributed by atoms with van der Waals surface area (Å²) in [4.78, 5) is 82.4. The second-order valence-corrected chi connectivity index (χ2v) is 41.9. The lowest BCUT2D eigenvalue weighted by Crippen LogP contribution is -2.59. The van der Waals surface area contributed by atoms with Gasteiger partial charge in [0.05, 0.1) is 50.2 Å². The van der Waals surface area contributed by atoms with Crippen molar-refractivity contribution in [3.63, 3.8) is 0 Å². The van der Waals surface area contributed by atoms with Crippen molar-refractivity contribution in [3.05, 3.63) is 400 Å². The van der Waals surface area contributed by atoms with E-state index in [4.69, 9.17) is 9.47 Å². The van der Waals surface area contributed by atoms with Gasteiger partial charge in [-0.1, -0.05) is 239 Å². The van der Waals surface area contributed by atoms with Crippen molar-refractivity contribution < 1.29 is 74.0 Å². The average molecular weight is 1970 g/mol. The molecular formula is C114H125F6N5O10S4+4. The molecule has 4 aliphatic carbocycles. The van der Waals surface area contributed by atoms with Crippen LogP contribution in [0.5, 0.6) is 0 Å². The van der Waals surface area contributed by atoms with Gasteiger partial charge in [0.1, 0.15) is 37.6 Å². The summed E-state index contributed by atoms with van der Waals surface area (Å²) in [5, 5.41) is 0. The highest BCUT2D eigenvalue weighted by Crippen LogP contribution is 2.63. The molecule has 2 aromatic heterocycles. The molecule has 5 aliphatic rings. The maximum absolute atomic E-state index is 13.1. The Balaban J connectivity index is 0.000000182. The van der Waals surface area contributed by atoms with Crippen LogP contribution in [0, 0.1) is 38.0 Å². The summed E-state index contributed by atoms with van der Waals surface area (Å²) in [7, 11) is 1.87. The Morgan fingerprint density at radius 3 is 0.878 bits per heavy atom. The number of hydrogen-bond acceptors (Lipinski definition) is 13. The van der Waals surface area contributed by atoms with Gasteiger partial charge in [-0.2, -0.15) is 26.3 Å². The minimum absolute atomic E-state index is 0. The molecule has 4 saturated carbocycles. The molecule has 2 unspecified atom stereocenters. The van der Waals surface area contributed by atoms with Crippen molar-refractivity contribution in [2.45, 2.75) is 203 Å². The molecule has 1 aliphatic heterocycles. The van der Waals surface area contributed by atoms with Crippen LogP contribution in [0.3, 0.4) is 0 Å². The third-order valence-electron chi connectivity index (χ3n) is 22.5. The number of ether oxygens (including phenoxy) is 5. The molecule has 139 heavy (non-hydrogen) atoms. The number of carbonyl (C=O) groups excluding carboxylic acids is 5. The Labute approximate surface area is 826 Å². The Bertz CT molecular complexity index is 5270. The lowest BCUT2D eigenvalue weighted by atomic mass is 9.48. The Morgan fingerprint density at radius 1 is 0.353 bits per heavy atom.